The van der Waals surface area contributed by atoms with E-state index in [0.29, 0.717) is 12.5 Å². The van der Waals surface area contributed by atoms with Gasteiger partial charge in [-0.15, -0.1) is 0 Å². The highest BCUT2D eigenvalue weighted by Gasteiger charge is 2.20. The van der Waals surface area contributed by atoms with Gasteiger partial charge in [0, 0.05) is 18.8 Å². The van der Waals surface area contributed by atoms with Crippen molar-refractivity contribution >= 4 is 17.8 Å². The van der Waals surface area contributed by atoms with E-state index in [1.807, 2.05) is 47.4 Å². The third kappa shape index (κ3) is 6.22. The zero-order valence-electron chi connectivity index (χ0n) is 15.4. The predicted octanol–water partition coefficient (Wildman–Crippen LogP) is 4.37. The molecule has 2 aromatic carbocycles. The van der Waals surface area contributed by atoms with Crippen LogP contribution in [0.15, 0.2) is 60.7 Å². The summed E-state index contributed by atoms with van der Waals surface area (Å²) in [7, 11) is 0. The molecule has 0 aromatic heterocycles. The largest absolute Gasteiger partial charge is 0.322 e. The van der Waals surface area contributed by atoms with Crippen molar-refractivity contribution in [3.05, 3.63) is 72.1 Å². The number of nitrogens with zero attached hydrogens (tertiary/aromatic N) is 1. The monoisotopic (exact) mass is 367 g/mol. The Kier molecular flexibility index (Phi) is 6.99. The van der Waals surface area contributed by atoms with Crippen LogP contribution < -0.4 is 10.6 Å². The molecule has 0 saturated carbocycles. The third-order valence-corrected chi connectivity index (χ3v) is 4.76. The molecule has 1 heterocycles. The van der Waals surface area contributed by atoms with E-state index < -0.39 is 0 Å². The number of amides is 2. The van der Waals surface area contributed by atoms with Crippen molar-refractivity contribution in [2.45, 2.75) is 12.8 Å². The summed E-state index contributed by atoms with van der Waals surface area (Å²) in [5.41, 5.74) is 1.71. The van der Waals surface area contributed by atoms with Crippen molar-refractivity contribution in [1.82, 2.24) is 10.2 Å². The van der Waals surface area contributed by atoms with Crippen LogP contribution in [-0.4, -0.2) is 37.1 Å². The summed E-state index contributed by atoms with van der Waals surface area (Å²) in [6, 6.07) is 15.7. The van der Waals surface area contributed by atoms with E-state index in [-0.39, 0.29) is 11.8 Å². The van der Waals surface area contributed by atoms with Gasteiger partial charge in [-0.05, 0) is 61.7 Å². The van der Waals surface area contributed by atoms with Gasteiger partial charge in [-0.2, -0.15) is 0 Å². The minimum Gasteiger partial charge on any atom is -0.321 e. The molecule has 0 aliphatic carbocycles. The fourth-order valence-corrected chi connectivity index (χ4v) is 3.23. The number of halogens is 1. The number of benzene rings is 2. The van der Waals surface area contributed by atoms with Gasteiger partial charge < -0.3 is 15.5 Å². The minimum atomic E-state index is -0.248. The van der Waals surface area contributed by atoms with Crippen LogP contribution in [0.25, 0.3) is 6.08 Å². The Labute approximate surface area is 160 Å². The first-order chi connectivity index (χ1) is 13.2. The van der Waals surface area contributed by atoms with Crippen LogP contribution in [0, 0.1) is 11.7 Å². The van der Waals surface area contributed by atoms with Crippen LogP contribution in [0.3, 0.4) is 0 Å². The van der Waals surface area contributed by atoms with Gasteiger partial charge in [0.05, 0.1) is 0 Å². The number of piperidine rings is 1. The molecular formula is C22H26FN3O. The van der Waals surface area contributed by atoms with Gasteiger partial charge >= 0.3 is 6.03 Å². The second kappa shape index (κ2) is 9.88. The predicted molar refractivity (Wildman–Crippen MR) is 108 cm³/mol. The fraction of sp³-hybridized carbons (Fsp3) is 0.318. The molecule has 142 valence electrons. The van der Waals surface area contributed by atoms with Gasteiger partial charge in [-0.3, -0.25) is 0 Å². The lowest BCUT2D eigenvalue weighted by molar-refractivity contribution is 0.199. The maximum absolute atomic E-state index is 13.0. The molecule has 0 unspecified atom stereocenters. The summed E-state index contributed by atoms with van der Waals surface area (Å²) in [6.45, 7) is 3.25. The Morgan fingerprint density at radius 3 is 2.52 bits per heavy atom. The zero-order valence-corrected chi connectivity index (χ0v) is 15.4. The number of rotatable bonds is 6. The summed E-state index contributed by atoms with van der Waals surface area (Å²) >= 11 is 0. The van der Waals surface area contributed by atoms with Gasteiger partial charge in [0.15, 0.2) is 0 Å². The first kappa shape index (κ1) is 19.1. The zero-order chi connectivity index (χ0) is 18.9. The first-order valence-electron chi connectivity index (χ1n) is 9.44. The van der Waals surface area contributed by atoms with E-state index in [1.54, 1.807) is 12.1 Å². The normalized spacial score (nSPS) is 15.0. The van der Waals surface area contributed by atoms with Crippen LogP contribution in [0.4, 0.5) is 14.9 Å². The summed E-state index contributed by atoms with van der Waals surface area (Å²) in [4.78, 5) is 14.6. The molecular weight excluding hydrogens is 341 g/mol. The summed E-state index contributed by atoms with van der Waals surface area (Å²) in [5, 5.41) is 6.34. The van der Waals surface area contributed by atoms with Crippen LogP contribution in [0.5, 0.6) is 0 Å². The first-order valence-corrected chi connectivity index (χ1v) is 9.44. The summed E-state index contributed by atoms with van der Waals surface area (Å²) < 4.78 is 13.0. The Morgan fingerprint density at radius 2 is 1.81 bits per heavy atom. The molecule has 0 bridgehead atoms. The number of nitrogens with one attached hydrogen (secondary N) is 2. The van der Waals surface area contributed by atoms with Crippen molar-refractivity contribution in [2.24, 2.45) is 5.92 Å². The smallest absolute Gasteiger partial charge is 0.321 e. The van der Waals surface area contributed by atoms with Gasteiger partial charge in [0.25, 0.3) is 0 Å². The van der Waals surface area contributed by atoms with Crippen molar-refractivity contribution < 1.29 is 9.18 Å². The maximum Gasteiger partial charge on any atom is 0.322 e. The molecule has 1 saturated heterocycles. The minimum absolute atomic E-state index is 0.0940. The lowest BCUT2D eigenvalue weighted by Crippen LogP contribution is -2.41. The number of hydrogen-bond acceptors (Lipinski definition) is 2. The molecule has 0 radical (unpaired) electrons. The van der Waals surface area contributed by atoms with Crippen LogP contribution in [-0.2, 0) is 0 Å². The third-order valence-electron chi connectivity index (χ3n) is 4.76. The Hall–Kier alpha value is -2.66. The number of carbonyl (C=O) groups excluding carboxylic acids is 1. The molecule has 0 atom stereocenters. The molecule has 1 aliphatic rings. The van der Waals surface area contributed by atoms with E-state index in [0.717, 1.165) is 43.7 Å². The van der Waals surface area contributed by atoms with Gasteiger partial charge in [-0.1, -0.05) is 42.5 Å². The van der Waals surface area contributed by atoms with E-state index >= 15 is 0 Å². The highest BCUT2D eigenvalue weighted by Crippen LogP contribution is 2.15. The molecule has 2 amide bonds. The summed E-state index contributed by atoms with van der Waals surface area (Å²) in [6.07, 6.45) is 6.04. The topological polar surface area (TPSA) is 44.4 Å². The van der Waals surface area contributed by atoms with Crippen molar-refractivity contribution in [3.8, 4) is 0 Å². The Morgan fingerprint density at radius 1 is 1.11 bits per heavy atom. The number of carbonyl (C=O) groups is 1. The maximum atomic E-state index is 13.0. The molecule has 2 N–H and O–H groups in total. The van der Waals surface area contributed by atoms with Crippen molar-refractivity contribution in [3.63, 3.8) is 0 Å². The molecule has 5 heteroatoms. The number of para-hydroxylation sites is 1. The lowest BCUT2D eigenvalue weighted by atomic mass is 9.97. The second-order valence-corrected chi connectivity index (χ2v) is 6.85. The molecule has 27 heavy (non-hydrogen) atoms. The van der Waals surface area contributed by atoms with E-state index in [2.05, 4.69) is 10.6 Å². The van der Waals surface area contributed by atoms with Crippen molar-refractivity contribution in [1.29, 1.82) is 0 Å². The quantitative estimate of drug-likeness (QED) is 0.796. The van der Waals surface area contributed by atoms with E-state index in [4.69, 9.17) is 0 Å². The summed E-state index contributed by atoms with van der Waals surface area (Å²) in [5.74, 6) is 0.258. The van der Waals surface area contributed by atoms with Crippen molar-refractivity contribution in [2.75, 3.05) is 31.5 Å². The molecule has 1 aliphatic heterocycles. The standard InChI is InChI=1S/C22H26FN3O/c23-20-10-8-18(9-11-20)5-4-16-26(17-19-12-14-24-15-13-19)22(27)25-21-6-2-1-3-7-21/h1-11,19,24H,12-17H2,(H,25,27). The molecule has 0 spiro atoms. The SMILES string of the molecule is O=C(Nc1ccccc1)N(CC=Cc1ccc(F)cc1)CC1CCNCC1. The Bertz CT molecular complexity index is 740. The van der Waals surface area contributed by atoms with E-state index in [1.165, 1.54) is 12.1 Å². The van der Waals surface area contributed by atoms with Crippen LogP contribution in [0.2, 0.25) is 0 Å². The molecule has 3 rings (SSSR count). The molecule has 4 nitrogen and oxygen atoms in total. The molecule has 1 fully saturated rings. The second-order valence-electron chi connectivity index (χ2n) is 6.85. The van der Waals surface area contributed by atoms with Crippen LogP contribution in [0.1, 0.15) is 18.4 Å². The Balaban J connectivity index is 1.64. The van der Waals surface area contributed by atoms with E-state index in [9.17, 15) is 9.18 Å². The number of hydrogen-bond donors (Lipinski definition) is 2. The van der Waals surface area contributed by atoms with Gasteiger partial charge in [0.1, 0.15) is 5.82 Å². The highest BCUT2D eigenvalue weighted by atomic mass is 19.1. The van der Waals surface area contributed by atoms with Gasteiger partial charge in [0.2, 0.25) is 0 Å². The number of anilines is 1. The average molecular weight is 367 g/mol. The lowest BCUT2D eigenvalue weighted by Gasteiger charge is -2.29. The number of urea groups is 1. The highest BCUT2D eigenvalue weighted by molar-refractivity contribution is 5.89. The average Bonchev–Trinajstić information content (AvgIpc) is 2.70. The molecule has 2 aromatic rings. The fourth-order valence-electron chi connectivity index (χ4n) is 3.23. The van der Waals surface area contributed by atoms with Crippen LogP contribution >= 0.6 is 0 Å². The van der Waals surface area contributed by atoms with Gasteiger partial charge in [-0.25, -0.2) is 9.18 Å².